The Labute approximate surface area is 115 Å². The number of carboxylic acid groups (broad SMARTS) is 1. The van der Waals surface area contributed by atoms with Crippen molar-refractivity contribution in [3.05, 3.63) is 65.5 Å². The van der Waals surface area contributed by atoms with Crippen LogP contribution in [0, 0.1) is 5.82 Å². The van der Waals surface area contributed by atoms with E-state index in [0.717, 1.165) is 6.07 Å². The first-order chi connectivity index (χ1) is 9.59. The van der Waals surface area contributed by atoms with Gasteiger partial charge in [0.2, 0.25) is 0 Å². The lowest BCUT2D eigenvalue weighted by atomic mass is 10.1. The minimum atomic E-state index is -1.41. The number of ether oxygens (including phenoxy) is 1. The fourth-order valence-corrected chi connectivity index (χ4v) is 1.77. The molecule has 2 aromatic carbocycles. The highest BCUT2D eigenvalue weighted by atomic mass is 19.1. The average Bonchev–Trinajstić information content (AvgIpc) is 2.45. The third kappa shape index (κ3) is 3.13. The molecule has 2 rings (SSSR count). The van der Waals surface area contributed by atoms with Crippen LogP contribution in [0.1, 0.15) is 22.0 Å². The fourth-order valence-electron chi connectivity index (χ4n) is 1.77. The predicted molar refractivity (Wildman–Crippen MR) is 70.3 cm³/mol. The molecule has 2 N–H and O–H groups in total. The van der Waals surface area contributed by atoms with Crippen LogP contribution >= 0.6 is 0 Å². The second kappa shape index (κ2) is 6.16. The zero-order valence-corrected chi connectivity index (χ0v) is 10.5. The van der Waals surface area contributed by atoms with Crippen LogP contribution in [0.25, 0.3) is 0 Å². The molecule has 0 aliphatic carbocycles. The van der Waals surface area contributed by atoms with Crippen LogP contribution in [0.15, 0.2) is 48.5 Å². The van der Waals surface area contributed by atoms with Gasteiger partial charge < -0.3 is 14.9 Å². The lowest BCUT2D eigenvalue weighted by molar-refractivity contribution is 0.0677. The fraction of sp³-hybridized carbons (Fsp3) is 0.133. The van der Waals surface area contributed by atoms with Gasteiger partial charge >= 0.3 is 5.97 Å². The molecule has 1 atom stereocenters. The molecule has 0 saturated heterocycles. The van der Waals surface area contributed by atoms with Gasteiger partial charge in [-0.1, -0.05) is 36.4 Å². The zero-order valence-electron chi connectivity index (χ0n) is 10.5. The number of benzene rings is 2. The maximum absolute atomic E-state index is 13.4. The van der Waals surface area contributed by atoms with E-state index in [1.54, 1.807) is 24.3 Å². The van der Waals surface area contributed by atoms with Crippen LogP contribution in [0.2, 0.25) is 0 Å². The summed E-state index contributed by atoms with van der Waals surface area (Å²) in [5, 5.41) is 18.9. The molecule has 4 nitrogen and oxygen atoms in total. The Balaban J connectivity index is 2.12. The lowest BCUT2D eigenvalue weighted by Gasteiger charge is -2.14. The SMILES string of the molecule is O=C(O)c1c(F)cccc1OCC(O)c1ccccc1. The summed E-state index contributed by atoms with van der Waals surface area (Å²) in [5.41, 5.74) is 0.105. The van der Waals surface area contributed by atoms with Crippen LogP contribution in [-0.4, -0.2) is 22.8 Å². The third-order valence-corrected chi connectivity index (χ3v) is 2.77. The summed E-state index contributed by atoms with van der Waals surface area (Å²) in [6.45, 7) is -0.159. The zero-order chi connectivity index (χ0) is 14.5. The summed E-state index contributed by atoms with van der Waals surface area (Å²) >= 11 is 0. The van der Waals surface area contributed by atoms with E-state index in [2.05, 4.69) is 0 Å². The standard InChI is InChI=1S/C15H13FO4/c16-11-7-4-8-13(14(11)15(18)19)20-9-12(17)10-5-2-1-3-6-10/h1-8,12,17H,9H2,(H,18,19). The summed E-state index contributed by atoms with van der Waals surface area (Å²) in [5.74, 6) is -2.39. The number of hydrogen-bond donors (Lipinski definition) is 2. The van der Waals surface area contributed by atoms with Crippen molar-refractivity contribution in [3.63, 3.8) is 0 Å². The number of halogens is 1. The normalized spacial score (nSPS) is 11.9. The minimum absolute atomic E-state index is 0.104. The largest absolute Gasteiger partial charge is 0.490 e. The van der Waals surface area contributed by atoms with E-state index in [4.69, 9.17) is 9.84 Å². The molecule has 20 heavy (non-hydrogen) atoms. The number of carboxylic acids is 1. The topological polar surface area (TPSA) is 66.8 Å². The van der Waals surface area contributed by atoms with Gasteiger partial charge in [-0.2, -0.15) is 0 Å². The van der Waals surface area contributed by atoms with Gasteiger partial charge in [-0.15, -0.1) is 0 Å². The van der Waals surface area contributed by atoms with E-state index in [9.17, 15) is 14.3 Å². The average molecular weight is 276 g/mol. The molecule has 104 valence electrons. The molecular formula is C15H13FO4. The maximum Gasteiger partial charge on any atom is 0.342 e. The molecule has 0 fully saturated rings. The van der Waals surface area contributed by atoms with Gasteiger partial charge in [-0.3, -0.25) is 0 Å². The maximum atomic E-state index is 13.4. The first-order valence-electron chi connectivity index (χ1n) is 5.97. The second-order valence-corrected chi connectivity index (χ2v) is 4.16. The Morgan fingerprint density at radius 1 is 1.15 bits per heavy atom. The van der Waals surface area contributed by atoms with Crippen LogP contribution < -0.4 is 4.74 Å². The first kappa shape index (κ1) is 14.0. The third-order valence-electron chi connectivity index (χ3n) is 2.77. The second-order valence-electron chi connectivity index (χ2n) is 4.16. The van der Waals surface area contributed by atoms with Gasteiger partial charge in [0, 0.05) is 0 Å². The summed E-state index contributed by atoms with van der Waals surface area (Å²) in [7, 11) is 0. The number of rotatable bonds is 5. The van der Waals surface area contributed by atoms with Crippen molar-refractivity contribution in [2.24, 2.45) is 0 Å². The number of carbonyl (C=O) groups is 1. The molecular weight excluding hydrogens is 263 g/mol. The number of aliphatic hydroxyl groups excluding tert-OH is 1. The van der Waals surface area contributed by atoms with Gasteiger partial charge in [-0.25, -0.2) is 9.18 Å². The van der Waals surface area contributed by atoms with E-state index in [-0.39, 0.29) is 12.4 Å². The van der Waals surface area contributed by atoms with E-state index >= 15 is 0 Å². The van der Waals surface area contributed by atoms with Gasteiger partial charge in [-0.05, 0) is 17.7 Å². The van der Waals surface area contributed by atoms with Crippen LogP contribution in [0.3, 0.4) is 0 Å². The molecule has 0 spiro atoms. The Morgan fingerprint density at radius 2 is 1.85 bits per heavy atom. The van der Waals surface area contributed by atoms with E-state index in [0.29, 0.717) is 5.56 Å². The Morgan fingerprint density at radius 3 is 2.50 bits per heavy atom. The lowest BCUT2D eigenvalue weighted by Crippen LogP contribution is -2.12. The molecule has 0 saturated carbocycles. The molecule has 0 heterocycles. The summed E-state index contributed by atoms with van der Waals surface area (Å²) in [6, 6.07) is 12.5. The van der Waals surface area contributed by atoms with Crippen molar-refractivity contribution in [2.45, 2.75) is 6.10 Å². The smallest absolute Gasteiger partial charge is 0.342 e. The van der Waals surface area contributed by atoms with Crippen molar-refractivity contribution in [1.29, 1.82) is 0 Å². The van der Waals surface area contributed by atoms with Crippen LogP contribution in [-0.2, 0) is 0 Å². The van der Waals surface area contributed by atoms with Crippen molar-refractivity contribution < 1.29 is 24.1 Å². The molecule has 5 heteroatoms. The van der Waals surface area contributed by atoms with E-state index in [1.807, 2.05) is 6.07 Å². The summed E-state index contributed by atoms with van der Waals surface area (Å²) < 4.78 is 18.6. The Hall–Kier alpha value is -2.40. The summed E-state index contributed by atoms with van der Waals surface area (Å²) in [6.07, 6.45) is -0.916. The first-order valence-corrected chi connectivity index (χ1v) is 5.97. The highest BCUT2D eigenvalue weighted by Crippen LogP contribution is 2.23. The van der Waals surface area contributed by atoms with Crippen molar-refractivity contribution >= 4 is 5.97 Å². The molecule has 0 bridgehead atoms. The minimum Gasteiger partial charge on any atom is -0.490 e. The molecule has 0 radical (unpaired) electrons. The number of hydrogen-bond acceptors (Lipinski definition) is 3. The van der Waals surface area contributed by atoms with Gasteiger partial charge in [0.05, 0.1) is 0 Å². The Bertz CT molecular complexity index is 598. The van der Waals surface area contributed by atoms with Gasteiger partial charge in [0.1, 0.15) is 29.8 Å². The monoisotopic (exact) mass is 276 g/mol. The van der Waals surface area contributed by atoms with Gasteiger partial charge in [0.15, 0.2) is 0 Å². The quantitative estimate of drug-likeness (QED) is 0.881. The Kier molecular flexibility index (Phi) is 4.32. The van der Waals surface area contributed by atoms with Crippen LogP contribution in [0.4, 0.5) is 4.39 Å². The highest BCUT2D eigenvalue weighted by molar-refractivity contribution is 5.91. The number of aromatic carboxylic acids is 1. The molecule has 1 unspecified atom stereocenters. The van der Waals surface area contributed by atoms with E-state index < -0.39 is 23.5 Å². The molecule has 2 aromatic rings. The van der Waals surface area contributed by atoms with Crippen LogP contribution in [0.5, 0.6) is 5.75 Å². The molecule has 0 aliphatic heterocycles. The number of aliphatic hydroxyl groups is 1. The highest BCUT2D eigenvalue weighted by Gasteiger charge is 2.18. The van der Waals surface area contributed by atoms with E-state index in [1.165, 1.54) is 12.1 Å². The van der Waals surface area contributed by atoms with Crippen molar-refractivity contribution in [3.8, 4) is 5.75 Å². The molecule has 0 aliphatic rings. The summed E-state index contributed by atoms with van der Waals surface area (Å²) in [4.78, 5) is 11.0. The molecule has 0 aromatic heterocycles. The predicted octanol–water partition coefficient (Wildman–Crippen LogP) is 2.64. The van der Waals surface area contributed by atoms with Gasteiger partial charge in [0.25, 0.3) is 0 Å². The van der Waals surface area contributed by atoms with Crippen molar-refractivity contribution in [1.82, 2.24) is 0 Å². The van der Waals surface area contributed by atoms with Crippen molar-refractivity contribution in [2.75, 3.05) is 6.61 Å². The molecule has 0 amide bonds.